The van der Waals surface area contributed by atoms with Crippen LogP contribution in [0, 0.1) is 0 Å². The number of rotatable bonds is 3. The van der Waals surface area contributed by atoms with Crippen molar-refractivity contribution >= 4 is 49.9 Å². The molecule has 8 heteroatoms. The lowest BCUT2D eigenvalue weighted by Crippen LogP contribution is -2.39. The number of hydrogen-bond acceptors (Lipinski definition) is 3. The molecule has 0 unspecified atom stereocenters. The van der Waals surface area contributed by atoms with E-state index in [1.807, 2.05) is 0 Å². The highest BCUT2D eigenvalue weighted by atomic mass is 79.9. The quantitative estimate of drug-likeness (QED) is 0.728. The van der Waals surface area contributed by atoms with E-state index >= 15 is 0 Å². The largest absolute Gasteiger partial charge is 0.444 e. The molecule has 0 radical (unpaired) electrons. The predicted molar refractivity (Wildman–Crippen MR) is 70.8 cm³/mol. The van der Waals surface area contributed by atoms with Crippen molar-refractivity contribution in [2.45, 2.75) is 13.0 Å². The lowest BCUT2D eigenvalue weighted by atomic mass is 10.1. The summed E-state index contributed by atoms with van der Waals surface area (Å²) in [5.74, 6) is 0. The molecule has 0 aliphatic carbocycles. The van der Waals surface area contributed by atoms with Gasteiger partial charge in [-0.2, -0.15) is 0 Å². The molecule has 1 aromatic rings. The van der Waals surface area contributed by atoms with Gasteiger partial charge in [0.1, 0.15) is 6.61 Å². The van der Waals surface area contributed by atoms with Crippen LogP contribution >= 0.6 is 31.9 Å². The Morgan fingerprint density at radius 1 is 1.47 bits per heavy atom. The van der Waals surface area contributed by atoms with Gasteiger partial charge in [-0.15, -0.1) is 0 Å². The van der Waals surface area contributed by atoms with Crippen LogP contribution in [0.5, 0.6) is 0 Å². The van der Waals surface area contributed by atoms with E-state index in [1.165, 1.54) is 6.07 Å². The molecular weight excluding hydrogens is 392 g/mol. The summed E-state index contributed by atoms with van der Waals surface area (Å²) in [6.07, 6.45) is -2.88. The normalized spacial score (nSPS) is 14.4. The molecule has 1 heterocycles. The average Bonchev–Trinajstić information content (AvgIpc) is 2.33. The van der Waals surface area contributed by atoms with Crippen LogP contribution in [-0.2, 0) is 11.3 Å². The lowest BCUT2D eigenvalue weighted by molar-refractivity contribution is 0.112. The van der Waals surface area contributed by atoms with E-state index in [0.29, 0.717) is 32.0 Å². The van der Waals surface area contributed by atoms with Crippen LogP contribution < -0.4 is 4.90 Å². The molecule has 0 saturated carbocycles. The minimum absolute atomic E-state index is 0.0669. The van der Waals surface area contributed by atoms with Gasteiger partial charge >= 0.3 is 6.09 Å². The van der Waals surface area contributed by atoms with Gasteiger partial charge in [0.2, 0.25) is 0 Å². The number of amides is 1. The Balaban J connectivity index is 2.56. The Hall–Kier alpha value is -1.02. The molecule has 0 atom stereocenters. The van der Waals surface area contributed by atoms with Crippen LogP contribution in [-0.4, -0.2) is 25.3 Å². The average molecular weight is 399 g/mol. The number of ether oxygens (including phenoxy) is 1. The van der Waals surface area contributed by atoms with E-state index in [1.54, 1.807) is 0 Å². The van der Waals surface area contributed by atoms with Gasteiger partial charge in [0.25, 0.3) is 6.43 Å². The zero-order valence-electron chi connectivity index (χ0n) is 9.33. The second-order valence-corrected chi connectivity index (χ2v) is 5.41. The second kappa shape index (κ2) is 5.54. The van der Waals surface area contributed by atoms with Crippen LogP contribution in [0.15, 0.2) is 15.0 Å². The number of fused-ring (bicyclic) bond motifs is 1. The van der Waals surface area contributed by atoms with E-state index in [0.717, 1.165) is 4.90 Å². The number of anilines is 1. The van der Waals surface area contributed by atoms with Gasteiger partial charge < -0.3 is 4.74 Å². The van der Waals surface area contributed by atoms with Gasteiger partial charge in [0.15, 0.2) is 6.29 Å². The Bertz CT molecular complexity index is 551. The molecule has 4 nitrogen and oxygen atoms in total. The van der Waals surface area contributed by atoms with Gasteiger partial charge in [0, 0.05) is 20.1 Å². The first kappa shape index (κ1) is 14.4. The molecule has 0 spiro atoms. The smallest absolute Gasteiger partial charge is 0.414 e. The fraction of sp³-hybridized carbons (Fsp3) is 0.273. The second-order valence-electron chi connectivity index (χ2n) is 3.76. The highest BCUT2D eigenvalue weighted by Crippen LogP contribution is 2.38. The molecule has 1 aliphatic heterocycles. The minimum atomic E-state index is -2.68. The molecule has 1 amide bonds. The molecule has 19 heavy (non-hydrogen) atoms. The van der Waals surface area contributed by atoms with Gasteiger partial charge in [-0.05, 0) is 37.9 Å². The van der Waals surface area contributed by atoms with Crippen LogP contribution in [0.3, 0.4) is 0 Å². The Morgan fingerprint density at radius 2 is 2.16 bits per heavy atom. The first-order valence-corrected chi connectivity index (χ1v) is 6.72. The zero-order valence-corrected chi connectivity index (χ0v) is 12.5. The summed E-state index contributed by atoms with van der Waals surface area (Å²) in [4.78, 5) is 23.4. The Labute approximate surface area is 124 Å². The van der Waals surface area contributed by atoms with E-state index in [9.17, 15) is 18.4 Å². The van der Waals surface area contributed by atoms with E-state index in [-0.39, 0.29) is 6.61 Å². The molecule has 1 aliphatic rings. The molecule has 0 N–H and O–H groups in total. The summed E-state index contributed by atoms with van der Waals surface area (Å²) in [6, 6.07) is 1.46. The number of cyclic esters (lactones) is 1. The first-order valence-electron chi connectivity index (χ1n) is 5.14. The number of halogens is 4. The molecule has 0 saturated heterocycles. The zero-order chi connectivity index (χ0) is 14.2. The van der Waals surface area contributed by atoms with Crippen LogP contribution in [0.4, 0.5) is 19.3 Å². The van der Waals surface area contributed by atoms with Crippen molar-refractivity contribution in [2.24, 2.45) is 0 Å². The Kier molecular flexibility index (Phi) is 4.19. The summed E-state index contributed by atoms with van der Waals surface area (Å²) in [5, 5.41) is 0. The number of benzene rings is 1. The fourth-order valence-corrected chi connectivity index (χ4v) is 3.17. The van der Waals surface area contributed by atoms with Gasteiger partial charge in [-0.3, -0.25) is 9.69 Å². The maximum Gasteiger partial charge on any atom is 0.414 e. The molecular formula is C11H7Br2F2NO3. The SMILES string of the molecule is O=Cc1c(Br)cc2c(c1Br)COC(=O)N2CC(F)F. The van der Waals surface area contributed by atoms with E-state index < -0.39 is 19.1 Å². The number of alkyl halides is 2. The van der Waals surface area contributed by atoms with Gasteiger partial charge in [-0.1, -0.05) is 0 Å². The standard InChI is InChI=1S/C11H7Br2F2NO3/c12-7-1-8-6(10(13)5(7)3-17)4-19-11(18)16(8)2-9(14)15/h1,3,9H,2,4H2. The first-order chi connectivity index (χ1) is 8.95. The molecule has 0 bridgehead atoms. The third-order valence-corrected chi connectivity index (χ3v) is 4.18. The van der Waals surface area contributed by atoms with E-state index in [4.69, 9.17) is 4.74 Å². The topological polar surface area (TPSA) is 46.6 Å². The summed E-state index contributed by atoms with van der Waals surface area (Å²) in [5.41, 5.74) is 1.14. The van der Waals surface area contributed by atoms with Gasteiger partial charge in [0.05, 0.1) is 12.2 Å². The number of hydrogen-bond donors (Lipinski definition) is 0. The van der Waals surface area contributed by atoms with Crippen molar-refractivity contribution in [1.29, 1.82) is 0 Å². The van der Waals surface area contributed by atoms with Crippen molar-refractivity contribution in [2.75, 3.05) is 11.4 Å². The minimum Gasteiger partial charge on any atom is -0.444 e. The highest BCUT2D eigenvalue weighted by Gasteiger charge is 2.31. The third kappa shape index (κ3) is 2.64. The van der Waals surface area contributed by atoms with Crippen molar-refractivity contribution in [3.8, 4) is 0 Å². The number of carbonyl (C=O) groups is 2. The van der Waals surface area contributed by atoms with Crippen molar-refractivity contribution < 1.29 is 23.1 Å². The van der Waals surface area contributed by atoms with Crippen LogP contribution in [0.2, 0.25) is 0 Å². The summed E-state index contributed by atoms with van der Waals surface area (Å²) in [6.45, 7) is -0.826. The summed E-state index contributed by atoms with van der Waals surface area (Å²) >= 11 is 6.40. The number of nitrogens with zero attached hydrogens (tertiary/aromatic N) is 1. The molecule has 2 rings (SSSR count). The monoisotopic (exact) mass is 397 g/mol. The maximum atomic E-state index is 12.5. The highest BCUT2D eigenvalue weighted by molar-refractivity contribution is 9.11. The van der Waals surface area contributed by atoms with Gasteiger partial charge in [-0.25, -0.2) is 13.6 Å². The molecule has 0 aromatic heterocycles. The maximum absolute atomic E-state index is 12.5. The molecule has 102 valence electrons. The van der Waals surface area contributed by atoms with Crippen LogP contribution in [0.25, 0.3) is 0 Å². The molecule has 1 aromatic carbocycles. The summed E-state index contributed by atoms with van der Waals surface area (Å²) in [7, 11) is 0. The van der Waals surface area contributed by atoms with E-state index in [2.05, 4.69) is 31.9 Å². The van der Waals surface area contributed by atoms with Crippen molar-refractivity contribution in [3.63, 3.8) is 0 Å². The fourth-order valence-electron chi connectivity index (χ4n) is 1.77. The van der Waals surface area contributed by atoms with Crippen molar-refractivity contribution in [3.05, 3.63) is 26.1 Å². The number of carbonyl (C=O) groups excluding carboxylic acids is 2. The number of aldehydes is 1. The lowest BCUT2D eigenvalue weighted by Gasteiger charge is -2.30. The van der Waals surface area contributed by atoms with Crippen molar-refractivity contribution in [1.82, 2.24) is 0 Å². The Morgan fingerprint density at radius 3 is 2.74 bits per heavy atom. The summed E-state index contributed by atoms with van der Waals surface area (Å²) < 4.78 is 30.7. The third-order valence-electron chi connectivity index (χ3n) is 2.62. The predicted octanol–water partition coefficient (Wildman–Crippen LogP) is 3.75. The molecule has 0 fully saturated rings. The van der Waals surface area contributed by atoms with Crippen LogP contribution in [0.1, 0.15) is 15.9 Å².